The van der Waals surface area contributed by atoms with Gasteiger partial charge in [0.1, 0.15) is 0 Å². The number of carbonyl (C=O) groups excluding carboxylic acids is 1. The Kier molecular flexibility index (Phi) is 5.12. The van der Waals surface area contributed by atoms with Crippen LogP contribution in [0, 0.1) is 12.8 Å². The molecule has 1 aliphatic rings. The first-order chi connectivity index (χ1) is 10.5. The van der Waals surface area contributed by atoms with E-state index in [0.29, 0.717) is 24.0 Å². The third-order valence-corrected chi connectivity index (χ3v) is 4.33. The van der Waals surface area contributed by atoms with Crippen molar-refractivity contribution in [3.05, 3.63) is 41.8 Å². The normalized spacial score (nSPS) is 16.3. The van der Waals surface area contributed by atoms with Gasteiger partial charge in [0.2, 0.25) is 11.7 Å². The fourth-order valence-corrected chi connectivity index (χ4v) is 2.67. The lowest BCUT2D eigenvalue weighted by atomic mass is 9.96. The third kappa shape index (κ3) is 3.57. The van der Waals surface area contributed by atoms with Crippen molar-refractivity contribution in [2.24, 2.45) is 11.7 Å². The molecule has 1 aliphatic carbocycles. The minimum atomic E-state index is -0.372. The Labute approximate surface area is 142 Å². The van der Waals surface area contributed by atoms with Gasteiger partial charge in [-0.1, -0.05) is 18.2 Å². The number of benzene rings is 1. The SMILES string of the molecule is Cc1nc(-c2ccccc2)oc1C(=O)NC(C)(CN)C1CC1.Cl. The van der Waals surface area contributed by atoms with Crippen molar-refractivity contribution in [3.8, 4) is 11.5 Å². The average Bonchev–Trinajstić information content (AvgIpc) is 3.31. The van der Waals surface area contributed by atoms with Crippen LogP contribution >= 0.6 is 12.4 Å². The summed E-state index contributed by atoms with van der Waals surface area (Å²) >= 11 is 0. The molecule has 1 fully saturated rings. The van der Waals surface area contributed by atoms with Crippen molar-refractivity contribution >= 4 is 18.3 Å². The first-order valence-electron chi connectivity index (χ1n) is 7.59. The van der Waals surface area contributed by atoms with Gasteiger partial charge < -0.3 is 15.5 Å². The van der Waals surface area contributed by atoms with Gasteiger partial charge in [0.05, 0.1) is 11.2 Å². The minimum absolute atomic E-state index is 0. The van der Waals surface area contributed by atoms with Crippen molar-refractivity contribution in [1.29, 1.82) is 0 Å². The summed E-state index contributed by atoms with van der Waals surface area (Å²) in [7, 11) is 0. The number of nitrogens with one attached hydrogen (secondary N) is 1. The van der Waals surface area contributed by atoms with Crippen LogP contribution < -0.4 is 11.1 Å². The first-order valence-corrected chi connectivity index (χ1v) is 7.59. The lowest BCUT2D eigenvalue weighted by Gasteiger charge is -2.29. The van der Waals surface area contributed by atoms with Crippen LogP contribution in [0.1, 0.15) is 36.0 Å². The largest absolute Gasteiger partial charge is 0.431 e. The van der Waals surface area contributed by atoms with E-state index in [1.165, 1.54) is 0 Å². The molecule has 2 aromatic rings. The molecule has 0 aliphatic heterocycles. The first kappa shape index (κ1) is 17.5. The Balaban J connectivity index is 0.00000192. The summed E-state index contributed by atoms with van der Waals surface area (Å²) in [4.78, 5) is 16.9. The summed E-state index contributed by atoms with van der Waals surface area (Å²) in [5.41, 5.74) is 6.92. The molecular formula is C17H22ClN3O2. The fraction of sp³-hybridized carbons (Fsp3) is 0.412. The predicted molar refractivity (Wildman–Crippen MR) is 91.6 cm³/mol. The van der Waals surface area contributed by atoms with Crippen LogP contribution in [-0.4, -0.2) is 23.0 Å². The monoisotopic (exact) mass is 335 g/mol. The van der Waals surface area contributed by atoms with Crippen molar-refractivity contribution < 1.29 is 9.21 Å². The lowest BCUT2D eigenvalue weighted by molar-refractivity contribution is 0.0869. The van der Waals surface area contributed by atoms with Gasteiger partial charge in [-0.3, -0.25) is 4.79 Å². The van der Waals surface area contributed by atoms with Crippen molar-refractivity contribution in [2.75, 3.05) is 6.54 Å². The van der Waals surface area contributed by atoms with Crippen LogP contribution in [0.4, 0.5) is 0 Å². The van der Waals surface area contributed by atoms with Crippen LogP contribution in [0.3, 0.4) is 0 Å². The molecule has 1 atom stereocenters. The molecule has 6 heteroatoms. The highest BCUT2D eigenvalue weighted by Gasteiger charge is 2.42. The predicted octanol–water partition coefficient (Wildman–Crippen LogP) is 2.93. The Hall–Kier alpha value is -1.85. The van der Waals surface area contributed by atoms with Crippen LogP contribution in [0.25, 0.3) is 11.5 Å². The molecule has 1 amide bonds. The number of nitrogens with two attached hydrogens (primary N) is 1. The van der Waals surface area contributed by atoms with Gasteiger partial charge in [-0.05, 0) is 44.7 Å². The quantitative estimate of drug-likeness (QED) is 0.880. The Morgan fingerprint density at radius 2 is 2.04 bits per heavy atom. The average molecular weight is 336 g/mol. The highest BCUT2D eigenvalue weighted by molar-refractivity contribution is 5.93. The van der Waals surface area contributed by atoms with E-state index in [-0.39, 0.29) is 29.6 Å². The van der Waals surface area contributed by atoms with E-state index in [1.807, 2.05) is 37.3 Å². The van der Waals surface area contributed by atoms with Crippen LogP contribution in [0.2, 0.25) is 0 Å². The topological polar surface area (TPSA) is 81.2 Å². The maximum atomic E-state index is 12.5. The second-order valence-electron chi connectivity index (χ2n) is 6.15. The molecule has 0 spiro atoms. The van der Waals surface area contributed by atoms with E-state index in [1.54, 1.807) is 6.92 Å². The molecular weight excluding hydrogens is 314 g/mol. The molecule has 3 N–H and O–H groups in total. The fourth-order valence-electron chi connectivity index (χ4n) is 2.67. The molecule has 124 valence electrons. The zero-order valence-corrected chi connectivity index (χ0v) is 14.2. The van der Waals surface area contributed by atoms with E-state index in [4.69, 9.17) is 10.2 Å². The standard InChI is InChI=1S/C17H21N3O2.ClH/c1-11-14(15(21)20-17(2,10-18)13-8-9-13)22-16(19-11)12-6-4-3-5-7-12;/h3-7,13H,8-10,18H2,1-2H3,(H,20,21);1H. The number of oxazole rings is 1. The third-order valence-electron chi connectivity index (χ3n) is 4.33. The highest BCUT2D eigenvalue weighted by atomic mass is 35.5. The Bertz CT molecular complexity index is 682. The van der Waals surface area contributed by atoms with Gasteiger partial charge in [-0.2, -0.15) is 0 Å². The summed E-state index contributed by atoms with van der Waals surface area (Å²) in [6.45, 7) is 4.19. The number of halogens is 1. The molecule has 1 aromatic heterocycles. The van der Waals surface area contributed by atoms with Crippen LogP contribution in [0.5, 0.6) is 0 Å². The van der Waals surface area contributed by atoms with Crippen molar-refractivity contribution in [1.82, 2.24) is 10.3 Å². The number of carbonyl (C=O) groups is 1. The molecule has 0 saturated heterocycles. The number of hydrogen-bond acceptors (Lipinski definition) is 4. The summed E-state index contributed by atoms with van der Waals surface area (Å²) < 4.78 is 5.69. The Morgan fingerprint density at radius 3 is 2.61 bits per heavy atom. The minimum Gasteiger partial charge on any atom is -0.431 e. The van der Waals surface area contributed by atoms with Gasteiger partial charge in [0, 0.05) is 12.1 Å². The van der Waals surface area contributed by atoms with E-state index in [9.17, 15) is 4.79 Å². The maximum Gasteiger partial charge on any atom is 0.289 e. The number of aryl methyl sites for hydroxylation is 1. The van der Waals surface area contributed by atoms with Crippen LogP contribution in [0.15, 0.2) is 34.7 Å². The summed E-state index contributed by atoms with van der Waals surface area (Å²) in [5, 5.41) is 3.03. The van der Waals surface area contributed by atoms with Gasteiger partial charge in [-0.15, -0.1) is 12.4 Å². The molecule has 3 rings (SSSR count). The number of rotatable bonds is 5. The summed E-state index contributed by atoms with van der Waals surface area (Å²) in [6, 6.07) is 9.55. The number of nitrogens with zero attached hydrogens (tertiary/aromatic N) is 1. The zero-order valence-electron chi connectivity index (χ0n) is 13.3. The number of aromatic nitrogens is 1. The molecule has 1 saturated carbocycles. The van der Waals surface area contributed by atoms with Crippen molar-refractivity contribution in [2.45, 2.75) is 32.2 Å². The number of amides is 1. The molecule has 0 radical (unpaired) electrons. The van der Waals surface area contributed by atoms with Gasteiger partial charge in [0.15, 0.2) is 0 Å². The summed E-state index contributed by atoms with van der Waals surface area (Å²) in [6.07, 6.45) is 2.22. The second kappa shape index (κ2) is 6.72. The molecule has 1 unspecified atom stereocenters. The van der Waals surface area contributed by atoms with Crippen LogP contribution in [-0.2, 0) is 0 Å². The molecule has 0 bridgehead atoms. The summed E-state index contributed by atoms with van der Waals surface area (Å²) in [5.74, 6) is 0.939. The molecule has 5 nitrogen and oxygen atoms in total. The van der Waals surface area contributed by atoms with Gasteiger partial charge in [-0.25, -0.2) is 4.98 Å². The van der Waals surface area contributed by atoms with E-state index < -0.39 is 0 Å². The molecule has 1 heterocycles. The van der Waals surface area contributed by atoms with Gasteiger partial charge >= 0.3 is 0 Å². The number of hydrogen-bond donors (Lipinski definition) is 2. The Morgan fingerprint density at radius 1 is 1.39 bits per heavy atom. The molecule has 23 heavy (non-hydrogen) atoms. The highest BCUT2D eigenvalue weighted by Crippen LogP contribution is 2.39. The van der Waals surface area contributed by atoms with Crippen molar-refractivity contribution in [3.63, 3.8) is 0 Å². The van der Waals surface area contributed by atoms with E-state index in [0.717, 1.165) is 18.4 Å². The lowest BCUT2D eigenvalue weighted by Crippen LogP contribution is -2.53. The maximum absolute atomic E-state index is 12.5. The van der Waals surface area contributed by atoms with E-state index in [2.05, 4.69) is 10.3 Å². The molecule has 1 aromatic carbocycles. The van der Waals surface area contributed by atoms with E-state index >= 15 is 0 Å². The smallest absolute Gasteiger partial charge is 0.289 e. The van der Waals surface area contributed by atoms with Gasteiger partial charge in [0.25, 0.3) is 5.91 Å². The second-order valence-corrected chi connectivity index (χ2v) is 6.15. The zero-order chi connectivity index (χ0) is 15.7.